The molecular weight excluding hydrogens is 204 g/mol. The lowest BCUT2D eigenvalue weighted by molar-refractivity contribution is -0.123. The molecule has 1 amide bonds. The second kappa shape index (κ2) is 5.64. The van der Waals surface area contributed by atoms with Crippen molar-refractivity contribution in [3.8, 4) is 0 Å². The minimum absolute atomic E-state index is 0.0615. The lowest BCUT2D eigenvalue weighted by atomic mass is 9.95. The number of β-amino-alcohol motifs (C(OH)–C–C–N with tert-alkyl or cyclic N) is 1. The number of carbonyl (C=O) groups excluding carboxylic acids is 1. The highest BCUT2D eigenvalue weighted by Gasteiger charge is 2.28. The van der Waals surface area contributed by atoms with Crippen LogP contribution in [0.1, 0.15) is 33.6 Å². The summed E-state index contributed by atoms with van der Waals surface area (Å²) in [5.74, 6) is 0.541. The van der Waals surface area contributed by atoms with E-state index in [1.165, 1.54) is 0 Å². The summed E-state index contributed by atoms with van der Waals surface area (Å²) in [4.78, 5) is 13.6. The normalized spacial score (nSPS) is 27.1. The Kier molecular flexibility index (Phi) is 4.74. The molecule has 0 saturated carbocycles. The van der Waals surface area contributed by atoms with Crippen LogP contribution in [-0.4, -0.2) is 47.7 Å². The van der Waals surface area contributed by atoms with Crippen LogP contribution in [0.15, 0.2) is 0 Å². The summed E-state index contributed by atoms with van der Waals surface area (Å²) in [6, 6.07) is 0. The standard InChI is InChI=1S/C12H24N2O2/c1-10(2)7-13-11(15)8-14-6-4-5-12(3,16)9-14/h10,16H,4-9H2,1-3H3,(H,13,15). The SMILES string of the molecule is CC(C)CNC(=O)CN1CCCC(C)(O)C1. The first-order valence-corrected chi connectivity index (χ1v) is 6.10. The predicted octanol–water partition coefficient (Wildman–Crippen LogP) is 0.605. The molecule has 0 aromatic carbocycles. The van der Waals surface area contributed by atoms with Gasteiger partial charge in [0.1, 0.15) is 0 Å². The maximum absolute atomic E-state index is 11.6. The van der Waals surface area contributed by atoms with Gasteiger partial charge in [-0.15, -0.1) is 0 Å². The topological polar surface area (TPSA) is 52.6 Å². The van der Waals surface area contributed by atoms with Gasteiger partial charge >= 0.3 is 0 Å². The van der Waals surface area contributed by atoms with Crippen molar-refractivity contribution in [2.24, 2.45) is 5.92 Å². The number of rotatable bonds is 4. The van der Waals surface area contributed by atoms with E-state index in [9.17, 15) is 9.90 Å². The zero-order chi connectivity index (χ0) is 12.2. The van der Waals surface area contributed by atoms with Crippen molar-refractivity contribution in [1.29, 1.82) is 0 Å². The maximum Gasteiger partial charge on any atom is 0.234 e. The van der Waals surface area contributed by atoms with Crippen molar-refractivity contribution in [3.63, 3.8) is 0 Å². The van der Waals surface area contributed by atoms with Gasteiger partial charge in [0.05, 0.1) is 12.1 Å². The Morgan fingerprint density at radius 3 is 2.81 bits per heavy atom. The number of aliphatic hydroxyl groups is 1. The third-order valence-electron chi connectivity index (χ3n) is 2.83. The Labute approximate surface area is 98.0 Å². The Bertz CT molecular complexity index is 239. The second-order valence-corrected chi connectivity index (χ2v) is 5.51. The molecule has 1 fully saturated rings. The molecule has 1 aliphatic rings. The van der Waals surface area contributed by atoms with Crippen molar-refractivity contribution >= 4 is 5.91 Å². The van der Waals surface area contributed by atoms with E-state index in [2.05, 4.69) is 19.2 Å². The summed E-state index contributed by atoms with van der Waals surface area (Å²) >= 11 is 0. The molecule has 16 heavy (non-hydrogen) atoms. The molecule has 0 bridgehead atoms. The van der Waals surface area contributed by atoms with Crippen LogP contribution in [0.4, 0.5) is 0 Å². The Hall–Kier alpha value is -0.610. The largest absolute Gasteiger partial charge is 0.389 e. The average molecular weight is 228 g/mol. The fourth-order valence-corrected chi connectivity index (χ4v) is 2.04. The first-order valence-electron chi connectivity index (χ1n) is 6.10. The molecule has 4 nitrogen and oxygen atoms in total. The maximum atomic E-state index is 11.6. The number of piperidine rings is 1. The molecule has 0 aromatic heterocycles. The predicted molar refractivity (Wildman–Crippen MR) is 64.1 cm³/mol. The quantitative estimate of drug-likeness (QED) is 0.741. The fourth-order valence-electron chi connectivity index (χ4n) is 2.04. The van der Waals surface area contributed by atoms with Gasteiger partial charge in [-0.3, -0.25) is 9.69 Å². The Morgan fingerprint density at radius 2 is 2.25 bits per heavy atom. The molecule has 0 radical (unpaired) electrons. The molecule has 0 aliphatic carbocycles. The van der Waals surface area contributed by atoms with E-state index in [0.717, 1.165) is 25.9 Å². The summed E-state index contributed by atoms with van der Waals surface area (Å²) < 4.78 is 0. The van der Waals surface area contributed by atoms with Gasteiger partial charge < -0.3 is 10.4 Å². The summed E-state index contributed by atoms with van der Waals surface area (Å²) in [6.07, 6.45) is 1.79. The molecule has 2 N–H and O–H groups in total. The summed E-state index contributed by atoms with van der Waals surface area (Å²) in [7, 11) is 0. The number of likely N-dealkylation sites (tertiary alicyclic amines) is 1. The molecular formula is C12H24N2O2. The number of carbonyl (C=O) groups is 1. The summed E-state index contributed by atoms with van der Waals surface area (Å²) in [5, 5.41) is 12.8. The van der Waals surface area contributed by atoms with Gasteiger partial charge in [0.2, 0.25) is 5.91 Å². The molecule has 4 heteroatoms. The molecule has 0 spiro atoms. The van der Waals surface area contributed by atoms with E-state index in [-0.39, 0.29) is 5.91 Å². The summed E-state index contributed by atoms with van der Waals surface area (Å²) in [5.41, 5.74) is -0.628. The van der Waals surface area contributed by atoms with Crippen molar-refractivity contribution in [1.82, 2.24) is 10.2 Å². The molecule has 1 unspecified atom stereocenters. The van der Waals surface area contributed by atoms with Gasteiger partial charge in [-0.05, 0) is 32.2 Å². The van der Waals surface area contributed by atoms with Crippen LogP contribution < -0.4 is 5.32 Å². The zero-order valence-corrected chi connectivity index (χ0v) is 10.6. The minimum Gasteiger partial charge on any atom is -0.389 e. The molecule has 1 saturated heterocycles. The highest BCUT2D eigenvalue weighted by molar-refractivity contribution is 5.78. The van der Waals surface area contributed by atoms with E-state index in [1.807, 2.05) is 11.8 Å². The lowest BCUT2D eigenvalue weighted by Crippen LogP contribution is -2.49. The van der Waals surface area contributed by atoms with Crippen LogP contribution >= 0.6 is 0 Å². The number of nitrogens with one attached hydrogen (secondary N) is 1. The van der Waals surface area contributed by atoms with Gasteiger partial charge in [0.15, 0.2) is 0 Å². The van der Waals surface area contributed by atoms with Crippen LogP contribution in [-0.2, 0) is 4.79 Å². The smallest absolute Gasteiger partial charge is 0.234 e. The van der Waals surface area contributed by atoms with E-state index < -0.39 is 5.60 Å². The molecule has 94 valence electrons. The van der Waals surface area contributed by atoms with E-state index in [4.69, 9.17) is 0 Å². The first-order chi connectivity index (χ1) is 7.39. The van der Waals surface area contributed by atoms with E-state index in [1.54, 1.807) is 0 Å². The highest BCUT2D eigenvalue weighted by Crippen LogP contribution is 2.19. The summed E-state index contributed by atoms with van der Waals surface area (Å²) in [6.45, 7) is 8.63. The van der Waals surface area contributed by atoms with Gasteiger partial charge in [0, 0.05) is 13.1 Å². The number of hydrogen-bond donors (Lipinski definition) is 2. The van der Waals surface area contributed by atoms with Crippen LogP contribution in [0.3, 0.4) is 0 Å². The minimum atomic E-state index is -0.628. The average Bonchev–Trinajstić information content (AvgIpc) is 2.13. The number of amides is 1. The van der Waals surface area contributed by atoms with Crippen molar-refractivity contribution in [2.75, 3.05) is 26.2 Å². The van der Waals surface area contributed by atoms with E-state index in [0.29, 0.717) is 19.0 Å². The first kappa shape index (κ1) is 13.5. The molecule has 1 aliphatic heterocycles. The highest BCUT2D eigenvalue weighted by atomic mass is 16.3. The molecule has 0 aromatic rings. The van der Waals surface area contributed by atoms with Crippen LogP contribution in [0.5, 0.6) is 0 Å². The monoisotopic (exact) mass is 228 g/mol. The van der Waals surface area contributed by atoms with E-state index >= 15 is 0 Å². The van der Waals surface area contributed by atoms with Crippen molar-refractivity contribution in [3.05, 3.63) is 0 Å². The third-order valence-corrected chi connectivity index (χ3v) is 2.83. The Morgan fingerprint density at radius 1 is 1.56 bits per heavy atom. The van der Waals surface area contributed by atoms with Crippen molar-refractivity contribution < 1.29 is 9.90 Å². The number of hydrogen-bond acceptors (Lipinski definition) is 3. The molecule has 1 atom stereocenters. The zero-order valence-electron chi connectivity index (χ0n) is 10.6. The van der Waals surface area contributed by atoms with Crippen LogP contribution in [0.2, 0.25) is 0 Å². The van der Waals surface area contributed by atoms with Crippen LogP contribution in [0, 0.1) is 5.92 Å². The Balaban J connectivity index is 2.28. The fraction of sp³-hybridized carbons (Fsp3) is 0.917. The van der Waals surface area contributed by atoms with Crippen molar-refractivity contribution in [2.45, 2.75) is 39.2 Å². The van der Waals surface area contributed by atoms with Gasteiger partial charge in [-0.1, -0.05) is 13.8 Å². The van der Waals surface area contributed by atoms with Gasteiger partial charge in [0.25, 0.3) is 0 Å². The lowest BCUT2D eigenvalue weighted by Gasteiger charge is -2.36. The molecule has 1 heterocycles. The number of nitrogens with zero attached hydrogens (tertiary/aromatic N) is 1. The molecule has 1 rings (SSSR count). The second-order valence-electron chi connectivity index (χ2n) is 5.51. The van der Waals surface area contributed by atoms with Gasteiger partial charge in [-0.2, -0.15) is 0 Å². The third kappa shape index (κ3) is 4.94. The van der Waals surface area contributed by atoms with Crippen LogP contribution in [0.25, 0.3) is 0 Å². The van der Waals surface area contributed by atoms with Gasteiger partial charge in [-0.25, -0.2) is 0 Å².